The molecule has 1 aromatic heterocycles. The number of fused-ring (bicyclic) bond motifs is 1. The zero-order chi connectivity index (χ0) is 34.6. The molecule has 12 heteroatoms. The summed E-state index contributed by atoms with van der Waals surface area (Å²) in [5.74, 6) is 1.94. The van der Waals surface area contributed by atoms with Crippen LogP contribution in [0.5, 0.6) is 0 Å². The Kier molecular flexibility index (Phi) is 10.4. The number of methoxy groups -OCH3 is 2. The molecule has 4 amide bonds. The molecule has 3 atom stereocenters. The minimum Gasteiger partial charge on any atom is -0.500 e. The van der Waals surface area contributed by atoms with Crippen molar-refractivity contribution in [1.82, 2.24) is 20.2 Å². The number of amides is 4. The largest absolute Gasteiger partial charge is 0.500 e. The summed E-state index contributed by atoms with van der Waals surface area (Å²) in [5, 5.41) is 9.40. The normalized spacial score (nSPS) is 21.9. The van der Waals surface area contributed by atoms with Gasteiger partial charge in [0, 0.05) is 47.4 Å². The van der Waals surface area contributed by atoms with Gasteiger partial charge in [-0.2, -0.15) is 4.98 Å². The van der Waals surface area contributed by atoms with E-state index in [1.807, 2.05) is 42.2 Å². The van der Waals surface area contributed by atoms with Crippen molar-refractivity contribution in [3.05, 3.63) is 77.4 Å². The molecule has 5 rings (SSSR count). The molecule has 48 heavy (non-hydrogen) atoms. The fraction of sp³-hybridized carbons (Fsp3) is 0.472. The van der Waals surface area contributed by atoms with E-state index in [0.29, 0.717) is 35.4 Å². The molecule has 3 N–H and O–H groups in total. The van der Waals surface area contributed by atoms with Crippen LogP contribution in [0.1, 0.15) is 70.9 Å². The summed E-state index contributed by atoms with van der Waals surface area (Å²) in [6.45, 7) is 12.0. The van der Waals surface area contributed by atoms with Crippen LogP contribution in [0.25, 0.3) is 0 Å². The number of benzene rings is 1. The fourth-order valence-corrected chi connectivity index (χ4v) is 7.11. The Balaban J connectivity index is 1.54. The quantitative estimate of drug-likeness (QED) is 0.264. The highest BCUT2D eigenvalue weighted by Crippen LogP contribution is 2.45. The van der Waals surface area contributed by atoms with E-state index in [4.69, 9.17) is 19.4 Å². The lowest BCUT2D eigenvalue weighted by atomic mass is 9.74. The SMILES string of the molecule is C=CC(=O)NC1CCCCC1Nc1ncc2c(n1)N(Cc1cccc(NC(=O)CC)c1)C(=O)N(C1C(C)=C(OC)C=C(OC)C1(C)C)C2. The Hall–Kier alpha value is -4.87. The number of hydrogen-bond acceptors (Lipinski definition) is 8. The highest BCUT2D eigenvalue weighted by Gasteiger charge is 2.48. The summed E-state index contributed by atoms with van der Waals surface area (Å²) in [7, 11) is 3.24. The summed E-state index contributed by atoms with van der Waals surface area (Å²) < 4.78 is 11.5. The second kappa shape index (κ2) is 14.5. The van der Waals surface area contributed by atoms with E-state index in [1.165, 1.54) is 6.08 Å². The maximum Gasteiger partial charge on any atom is 0.326 e. The number of urea groups is 1. The maximum atomic E-state index is 14.8. The highest BCUT2D eigenvalue weighted by atomic mass is 16.5. The van der Waals surface area contributed by atoms with Crippen molar-refractivity contribution in [3.8, 4) is 0 Å². The van der Waals surface area contributed by atoms with Crippen LogP contribution in [0.2, 0.25) is 0 Å². The molecule has 2 heterocycles. The van der Waals surface area contributed by atoms with Gasteiger partial charge in [-0.15, -0.1) is 0 Å². The molecule has 12 nitrogen and oxygen atoms in total. The van der Waals surface area contributed by atoms with Crippen molar-refractivity contribution in [2.45, 2.75) is 91.0 Å². The third-order valence-electron chi connectivity index (χ3n) is 9.51. The fourth-order valence-electron chi connectivity index (χ4n) is 7.11. The van der Waals surface area contributed by atoms with Crippen LogP contribution < -0.4 is 20.9 Å². The Bertz CT molecular complexity index is 1630. The minimum atomic E-state index is -0.571. The van der Waals surface area contributed by atoms with E-state index >= 15 is 0 Å². The number of nitrogens with zero attached hydrogens (tertiary/aromatic N) is 4. The molecule has 2 aromatic rings. The van der Waals surface area contributed by atoms with Crippen LogP contribution in [0.15, 0.2) is 66.3 Å². The number of carbonyl (C=O) groups is 3. The van der Waals surface area contributed by atoms with Crippen LogP contribution in [0, 0.1) is 5.41 Å². The van der Waals surface area contributed by atoms with Gasteiger partial charge < -0.3 is 30.3 Å². The number of allylic oxidation sites excluding steroid dienone is 1. The molecule has 1 aromatic carbocycles. The monoisotopic (exact) mass is 657 g/mol. The number of anilines is 3. The molecular weight excluding hydrogens is 610 g/mol. The van der Waals surface area contributed by atoms with Crippen molar-refractivity contribution in [2.75, 3.05) is 29.8 Å². The Labute approximate surface area is 282 Å². The molecule has 0 saturated heterocycles. The smallest absolute Gasteiger partial charge is 0.326 e. The molecule has 0 bridgehead atoms. The lowest BCUT2D eigenvalue weighted by Crippen LogP contribution is -2.57. The molecule has 3 unspecified atom stereocenters. The van der Waals surface area contributed by atoms with Gasteiger partial charge in [0.2, 0.25) is 17.8 Å². The van der Waals surface area contributed by atoms with E-state index in [1.54, 1.807) is 32.2 Å². The third-order valence-corrected chi connectivity index (χ3v) is 9.51. The van der Waals surface area contributed by atoms with E-state index in [0.717, 1.165) is 42.4 Å². The lowest BCUT2D eigenvalue weighted by Gasteiger charge is -2.48. The molecule has 1 saturated carbocycles. The van der Waals surface area contributed by atoms with Gasteiger partial charge in [0.05, 0.1) is 33.4 Å². The molecule has 1 aliphatic heterocycles. The molecule has 2 aliphatic carbocycles. The first-order valence-corrected chi connectivity index (χ1v) is 16.5. The summed E-state index contributed by atoms with van der Waals surface area (Å²) in [6.07, 6.45) is 9.00. The number of nitrogens with one attached hydrogen (secondary N) is 3. The Morgan fingerprint density at radius 3 is 2.58 bits per heavy atom. The predicted octanol–water partition coefficient (Wildman–Crippen LogP) is 5.65. The average molecular weight is 658 g/mol. The zero-order valence-electron chi connectivity index (χ0n) is 28.8. The molecule has 256 valence electrons. The topological polar surface area (TPSA) is 138 Å². The van der Waals surface area contributed by atoms with Gasteiger partial charge >= 0.3 is 6.03 Å². The first-order valence-electron chi connectivity index (χ1n) is 16.5. The standard InChI is InChI=1S/C36H47N7O5/c1-8-30(44)38-25-14-12-13-23(17-25)20-43-33-24(19-37-34(41-33)40-27-16-11-10-15-26(27)39-31(45)9-2)21-42(35(43)46)32-22(3)28(47-6)18-29(48-7)36(32,4)5/h9,12-14,17-19,26-27,32H,2,8,10-11,15-16,20-21H2,1,3-7H3,(H,38,44)(H,39,45)(H,37,40,41). The second-order valence-corrected chi connectivity index (χ2v) is 13.1. The molecule has 0 radical (unpaired) electrons. The molecule has 1 fully saturated rings. The van der Waals surface area contributed by atoms with Gasteiger partial charge in [0.1, 0.15) is 17.3 Å². The maximum absolute atomic E-state index is 14.8. The van der Waals surface area contributed by atoms with Crippen LogP contribution in [0.4, 0.5) is 22.2 Å². The lowest BCUT2D eigenvalue weighted by molar-refractivity contribution is -0.117. The van der Waals surface area contributed by atoms with Crippen LogP contribution in [-0.2, 0) is 32.2 Å². The van der Waals surface area contributed by atoms with E-state index < -0.39 is 5.41 Å². The number of carbonyl (C=O) groups excluding carboxylic acids is 3. The minimum absolute atomic E-state index is 0.0775. The first-order chi connectivity index (χ1) is 23.0. The van der Waals surface area contributed by atoms with Gasteiger partial charge in [-0.1, -0.05) is 52.3 Å². The van der Waals surface area contributed by atoms with Gasteiger partial charge in [0.15, 0.2) is 0 Å². The molecule has 3 aliphatic rings. The van der Waals surface area contributed by atoms with Crippen molar-refractivity contribution in [2.24, 2.45) is 5.41 Å². The Morgan fingerprint density at radius 1 is 1.15 bits per heavy atom. The summed E-state index contributed by atoms with van der Waals surface area (Å²) in [5.41, 5.74) is 2.60. The van der Waals surface area contributed by atoms with Crippen molar-refractivity contribution >= 4 is 35.3 Å². The highest BCUT2D eigenvalue weighted by molar-refractivity contribution is 5.95. The molecule has 0 spiro atoms. The first kappa shape index (κ1) is 34.5. The number of ether oxygens (including phenoxy) is 2. The number of rotatable bonds is 11. The van der Waals surface area contributed by atoms with E-state index in [9.17, 15) is 14.4 Å². The van der Waals surface area contributed by atoms with E-state index in [-0.39, 0.29) is 49.1 Å². The van der Waals surface area contributed by atoms with Crippen LogP contribution in [0.3, 0.4) is 0 Å². The van der Waals surface area contributed by atoms with E-state index in [2.05, 4.69) is 36.4 Å². The number of hydrogen-bond donors (Lipinski definition) is 3. The summed E-state index contributed by atoms with van der Waals surface area (Å²) in [4.78, 5) is 52.2. The average Bonchev–Trinajstić information content (AvgIpc) is 3.07. The van der Waals surface area contributed by atoms with Crippen LogP contribution in [-0.4, -0.2) is 65.1 Å². The summed E-state index contributed by atoms with van der Waals surface area (Å²) >= 11 is 0. The third kappa shape index (κ3) is 7.02. The van der Waals surface area contributed by atoms with Gasteiger partial charge in [-0.25, -0.2) is 9.78 Å². The van der Waals surface area contributed by atoms with Crippen LogP contribution >= 0.6 is 0 Å². The van der Waals surface area contributed by atoms with Crippen molar-refractivity contribution < 1.29 is 23.9 Å². The second-order valence-electron chi connectivity index (χ2n) is 13.1. The zero-order valence-corrected chi connectivity index (χ0v) is 28.8. The van der Waals surface area contributed by atoms with Crippen molar-refractivity contribution in [1.29, 1.82) is 0 Å². The predicted molar refractivity (Wildman–Crippen MR) is 185 cm³/mol. The molecular formula is C36H47N7O5. The number of aromatic nitrogens is 2. The summed E-state index contributed by atoms with van der Waals surface area (Å²) in [6, 6.07) is 6.69. The van der Waals surface area contributed by atoms with Gasteiger partial charge in [-0.05, 0) is 49.1 Å². The van der Waals surface area contributed by atoms with Gasteiger partial charge in [0.25, 0.3) is 0 Å². The van der Waals surface area contributed by atoms with Gasteiger partial charge in [-0.3, -0.25) is 14.5 Å². The van der Waals surface area contributed by atoms with Crippen molar-refractivity contribution in [3.63, 3.8) is 0 Å². The Morgan fingerprint density at radius 2 is 1.90 bits per heavy atom.